The van der Waals surface area contributed by atoms with Crippen molar-refractivity contribution in [3.63, 3.8) is 0 Å². The van der Waals surface area contributed by atoms with Crippen molar-refractivity contribution in [1.29, 1.82) is 0 Å². The molecule has 0 unspecified atom stereocenters. The molecule has 0 atom stereocenters. The molecule has 0 amide bonds. The van der Waals surface area contributed by atoms with Gasteiger partial charge >= 0.3 is 5.97 Å². The normalized spacial score (nSPS) is 10.8. The Morgan fingerprint density at radius 1 is 1.30 bits per heavy atom. The SMILES string of the molecule is COCCOCCOC(=O)c1n[nH]c2ccc(N)cc12. The zero-order valence-electron chi connectivity index (χ0n) is 11.2. The van der Waals surface area contributed by atoms with Gasteiger partial charge in [-0.1, -0.05) is 0 Å². The number of methoxy groups -OCH3 is 1. The van der Waals surface area contributed by atoms with Crippen molar-refractivity contribution in [3.8, 4) is 0 Å². The maximum atomic E-state index is 11.9. The molecule has 7 nitrogen and oxygen atoms in total. The minimum Gasteiger partial charge on any atom is -0.458 e. The second-order valence-electron chi connectivity index (χ2n) is 4.12. The Balaban J connectivity index is 1.89. The van der Waals surface area contributed by atoms with Crippen LogP contribution < -0.4 is 5.73 Å². The summed E-state index contributed by atoms with van der Waals surface area (Å²) in [6.07, 6.45) is 0. The predicted molar refractivity (Wildman–Crippen MR) is 73.5 cm³/mol. The number of hydrogen-bond donors (Lipinski definition) is 2. The maximum Gasteiger partial charge on any atom is 0.359 e. The van der Waals surface area contributed by atoms with E-state index < -0.39 is 5.97 Å². The molecular weight excluding hydrogens is 262 g/mol. The number of nitrogens with two attached hydrogens (primary N) is 1. The molecule has 0 aliphatic carbocycles. The van der Waals surface area contributed by atoms with E-state index >= 15 is 0 Å². The molecule has 2 aromatic rings. The lowest BCUT2D eigenvalue weighted by Crippen LogP contribution is -2.13. The zero-order valence-corrected chi connectivity index (χ0v) is 11.2. The minimum atomic E-state index is -0.503. The molecule has 0 spiro atoms. The third-order valence-corrected chi connectivity index (χ3v) is 2.67. The van der Waals surface area contributed by atoms with E-state index in [0.717, 1.165) is 5.52 Å². The number of nitrogen functional groups attached to an aromatic ring is 1. The fourth-order valence-corrected chi connectivity index (χ4v) is 1.69. The molecule has 108 valence electrons. The summed E-state index contributed by atoms with van der Waals surface area (Å²) in [4.78, 5) is 11.9. The van der Waals surface area contributed by atoms with Gasteiger partial charge in [-0.3, -0.25) is 5.10 Å². The Bertz CT molecular complexity index is 582. The molecule has 0 saturated heterocycles. The van der Waals surface area contributed by atoms with E-state index in [1.165, 1.54) is 0 Å². The molecule has 0 fully saturated rings. The van der Waals surface area contributed by atoms with Crippen LogP contribution >= 0.6 is 0 Å². The zero-order chi connectivity index (χ0) is 14.4. The average Bonchev–Trinajstić information content (AvgIpc) is 2.85. The molecule has 3 N–H and O–H groups in total. The molecule has 2 rings (SSSR count). The van der Waals surface area contributed by atoms with E-state index in [4.69, 9.17) is 19.9 Å². The topological polar surface area (TPSA) is 99.5 Å². The van der Waals surface area contributed by atoms with Gasteiger partial charge in [0.05, 0.1) is 25.3 Å². The van der Waals surface area contributed by atoms with Crippen LogP contribution in [0.5, 0.6) is 0 Å². The minimum absolute atomic E-state index is 0.166. The number of carbonyl (C=O) groups is 1. The van der Waals surface area contributed by atoms with Crippen molar-refractivity contribution in [2.45, 2.75) is 0 Å². The first-order valence-electron chi connectivity index (χ1n) is 6.20. The number of hydrogen-bond acceptors (Lipinski definition) is 6. The van der Waals surface area contributed by atoms with Crippen molar-refractivity contribution in [1.82, 2.24) is 10.2 Å². The number of rotatable bonds is 7. The highest BCUT2D eigenvalue weighted by Gasteiger charge is 2.15. The van der Waals surface area contributed by atoms with Crippen LogP contribution in [0.3, 0.4) is 0 Å². The lowest BCUT2D eigenvalue weighted by molar-refractivity contribution is 0.0211. The number of nitrogens with one attached hydrogen (secondary N) is 1. The second-order valence-corrected chi connectivity index (χ2v) is 4.12. The van der Waals surface area contributed by atoms with Crippen LogP contribution in [0.2, 0.25) is 0 Å². The summed E-state index contributed by atoms with van der Waals surface area (Å²) >= 11 is 0. The average molecular weight is 279 g/mol. The number of H-pyrrole nitrogens is 1. The van der Waals surface area contributed by atoms with Crippen LogP contribution in [0.4, 0.5) is 5.69 Å². The molecular formula is C13H17N3O4. The van der Waals surface area contributed by atoms with Crippen molar-refractivity contribution >= 4 is 22.6 Å². The third-order valence-electron chi connectivity index (χ3n) is 2.67. The predicted octanol–water partition coefficient (Wildman–Crippen LogP) is 0.965. The van der Waals surface area contributed by atoms with Gasteiger partial charge in [-0.05, 0) is 18.2 Å². The van der Waals surface area contributed by atoms with E-state index in [9.17, 15) is 4.79 Å². The first kappa shape index (κ1) is 14.3. The Hall–Kier alpha value is -2.12. The van der Waals surface area contributed by atoms with Crippen LogP contribution in [0.15, 0.2) is 18.2 Å². The summed E-state index contributed by atoms with van der Waals surface area (Å²) in [5, 5.41) is 7.36. The van der Waals surface area contributed by atoms with Gasteiger partial charge < -0.3 is 19.9 Å². The van der Waals surface area contributed by atoms with Crippen LogP contribution in [0.25, 0.3) is 10.9 Å². The molecule has 7 heteroatoms. The monoisotopic (exact) mass is 279 g/mol. The highest BCUT2D eigenvalue weighted by molar-refractivity contribution is 6.02. The first-order valence-corrected chi connectivity index (χ1v) is 6.20. The van der Waals surface area contributed by atoms with Crippen molar-refractivity contribution in [2.24, 2.45) is 0 Å². The Kier molecular flexibility index (Phi) is 4.91. The molecule has 0 aliphatic heterocycles. The lowest BCUT2D eigenvalue weighted by atomic mass is 10.2. The van der Waals surface area contributed by atoms with E-state index in [1.54, 1.807) is 25.3 Å². The Morgan fingerprint density at radius 3 is 2.90 bits per heavy atom. The Morgan fingerprint density at radius 2 is 2.10 bits per heavy atom. The second kappa shape index (κ2) is 6.88. The number of aromatic amines is 1. The summed E-state index contributed by atoms with van der Waals surface area (Å²) in [7, 11) is 1.60. The molecule has 20 heavy (non-hydrogen) atoms. The van der Waals surface area contributed by atoms with Crippen LogP contribution in [-0.4, -0.2) is 49.7 Å². The number of benzene rings is 1. The maximum absolute atomic E-state index is 11.9. The Labute approximate surface area is 116 Å². The quantitative estimate of drug-likeness (QED) is 0.445. The van der Waals surface area contributed by atoms with Gasteiger partial charge in [0.1, 0.15) is 6.61 Å². The molecule has 0 radical (unpaired) electrons. The molecule has 1 aromatic heterocycles. The molecule has 0 saturated carbocycles. The van der Waals surface area contributed by atoms with Crippen molar-refractivity contribution in [2.75, 3.05) is 39.3 Å². The largest absolute Gasteiger partial charge is 0.458 e. The van der Waals surface area contributed by atoms with Gasteiger partial charge in [-0.25, -0.2) is 4.79 Å². The summed E-state index contributed by atoms with van der Waals surface area (Å²) in [5.74, 6) is -0.503. The standard InChI is InChI=1S/C13H17N3O4/c1-18-4-5-19-6-7-20-13(17)12-10-8-9(14)2-3-11(10)15-16-12/h2-3,8H,4-7,14H2,1H3,(H,15,16). The van der Waals surface area contributed by atoms with Crippen LogP contribution in [-0.2, 0) is 14.2 Å². The lowest BCUT2D eigenvalue weighted by Gasteiger charge is -2.04. The van der Waals surface area contributed by atoms with E-state index in [2.05, 4.69) is 10.2 Å². The number of fused-ring (bicyclic) bond motifs is 1. The van der Waals surface area contributed by atoms with E-state index in [1.807, 2.05) is 0 Å². The van der Waals surface area contributed by atoms with Crippen molar-refractivity contribution < 1.29 is 19.0 Å². The van der Waals surface area contributed by atoms with Crippen LogP contribution in [0.1, 0.15) is 10.5 Å². The fourth-order valence-electron chi connectivity index (χ4n) is 1.69. The van der Waals surface area contributed by atoms with Gasteiger partial charge in [-0.15, -0.1) is 0 Å². The highest BCUT2D eigenvalue weighted by Crippen LogP contribution is 2.19. The summed E-state index contributed by atoms with van der Waals surface area (Å²) in [6.45, 7) is 1.46. The van der Waals surface area contributed by atoms with Gasteiger partial charge in [-0.2, -0.15) is 5.10 Å². The molecule has 1 heterocycles. The van der Waals surface area contributed by atoms with Gasteiger partial charge in [0.25, 0.3) is 0 Å². The highest BCUT2D eigenvalue weighted by atomic mass is 16.6. The number of carbonyl (C=O) groups excluding carboxylic acids is 1. The van der Waals surface area contributed by atoms with Gasteiger partial charge in [0, 0.05) is 18.2 Å². The van der Waals surface area contributed by atoms with E-state index in [0.29, 0.717) is 30.9 Å². The van der Waals surface area contributed by atoms with Crippen LogP contribution in [0, 0.1) is 0 Å². The first-order chi connectivity index (χ1) is 9.72. The molecule has 0 bridgehead atoms. The van der Waals surface area contributed by atoms with Gasteiger partial charge in [0.2, 0.25) is 0 Å². The number of aromatic nitrogens is 2. The summed E-state index contributed by atoms with van der Waals surface area (Å²) in [6, 6.07) is 5.19. The number of anilines is 1. The number of ether oxygens (including phenoxy) is 3. The molecule has 0 aliphatic rings. The smallest absolute Gasteiger partial charge is 0.359 e. The van der Waals surface area contributed by atoms with E-state index in [-0.39, 0.29) is 12.3 Å². The van der Waals surface area contributed by atoms with Gasteiger partial charge in [0.15, 0.2) is 5.69 Å². The third kappa shape index (κ3) is 3.46. The number of nitrogens with zero attached hydrogens (tertiary/aromatic N) is 1. The number of esters is 1. The fraction of sp³-hybridized carbons (Fsp3) is 0.385. The summed E-state index contributed by atoms with van der Waals surface area (Å²) < 4.78 is 15.1. The van der Waals surface area contributed by atoms with Crippen molar-refractivity contribution in [3.05, 3.63) is 23.9 Å². The molecule has 1 aromatic carbocycles. The summed E-state index contributed by atoms with van der Waals surface area (Å²) in [5.41, 5.74) is 7.22.